The average molecular weight is 304 g/mol. The molecule has 4 rings (SSSR count). The number of rotatable bonds is 1. The first-order valence-electron chi connectivity index (χ1n) is 7.51. The van der Waals surface area contributed by atoms with Gasteiger partial charge in [0.05, 0.1) is 5.69 Å². The van der Waals surface area contributed by atoms with Gasteiger partial charge in [0.15, 0.2) is 0 Å². The molecule has 2 heterocycles. The van der Waals surface area contributed by atoms with E-state index >= 15 is 0 Å². The number of hydrogen-bond donors (Lipinski definition) is 0. The summed E-state index contributed by atoms with van der Waals surface area (Å²) < 4.78 is 5.43. The summed E-state index contributed by atoms with van der Waals surface area (Å²) in [4.78, 5) is 26.4. The van der Waals surface area contributed by atoms with Crippen LogP contribution in [0.4, 0.5) is 11.4 Å². The number of aryl methyl sites for hydroxylation is 2. The van der Waals surface area contributed by atoms with Crippen LogP contribution in [0.15, 0.2) is 51.7 Å². The van der Waals surface area contributed by atoms with Crippen LogP contribution >= 0.6 is 0 Å². The van der Waals surface area contributed by atoms with E-state index in [2.05, 4.69) is 6.07 Å². The topological polar surface area (TPSA) is 50.5 Å². The molecule has 0 spiro atoms. The minimum absolute atomic E-state index is 0.0997. The van der Waals surface area contributed by atoms with Crippen molar-refractivity contribution in [3.63, 3.8) is 0 Å². The Morgan fingerprint density at radius 3 is 2.83 bits per heavy atom. The lowest BCUT2D eigenvalue weighted by atomic mass is 10.0. The zero-order valence-electron chi connectivity index (χ0n) is 12.6. The number of nitrogens with zero attached hydrogens (tertiary/aromatic N) is 1. The first kappa shape index (κ1) is 13.8. The zero-order valence-corrected chi connectivity index (χ0v) is 12.6. The monoisotopic (exact) mass is 304 g/mol. The van der Waals surface area contributed by atoms with Crippen LogP contribution in [0, 0.1) is 13.0 Å². The van der Waals surface area contributed by atoms with E-state index in [0.717, 1.165) is 16.5 Å². The third-order valence-corrected chi connectivity index (χ3v) is 4.21. The van der Waals surface area contributed by atoms with Gasteiger partial charge in [0.1, 0.15) is 11.3 Å². The molecule has 0 saturated carbocycles. The Morgan fingerprint density at radius 1 is 1.09 bits per heavy atom. The molecular weight excluding hydrogens is 290 g/mol. The predicted octanol–water partition coefficient (Wildman–Crippen LogP) is 3.51. The number of anilines is 2. The number of amides is 1. The van der Waals surface area contributed by atoms with Crippen LogP contribution in [-0.2, 0) is 11.2 Å². The Bertz CT molecular complexity index is 987. The Hall–Kier alpha value is -2.88. The Labute approximate surface area is 133 Å². The van der Waals surface area contributed by atoms with Crippen LogP contribution in [0.3, 0.4) is 0 Å². The summed E-state index contributed by atoms with van der Waals surface area (Å²) in [5, 5.41) is 0.835. The highest BCUT2D eigenvalue weighted by atomic mass is 16.4. The van der Waals surface area contributed by atoms with Crippen molar-refractivity contribution in [2.24, 2.45) is 0 Å². The number of hydrogen-bond acceptors (Lipinski definition) is 3. The SMILES string of the molecule is Cc1cccc2oc(=O)c(N3C(=O)CCc4[c]cccc43)cc12. The lowest BCUT2D eigenvalue weighted by molar-refractivity contribution is -0.118. The third-order valence-electron chi connectivity index (χ3n) is 4.21. The summed E-state index contributed by atoms with van der Waals surface area (Å²) in [7, 11) is 0. The second-order valence-corrected chi connectivity index (χ2v) is 5.67. The summed E-state index contributed by atoms with van der Waals surface area (Å²) >= 11 is 0. The number of fused-ring (bicyclic) bond motifs is 2. The molecule has 23 heavy (non-hydrogen) atoms. The Kier molecular flexibility index (Phi) is 3.05. The summed E-state index contributed by atoms with van der Waals surface area (Å²) in [5.74, 6) is -0.0997. The van der Waals surface area contributed by atoms with Crippen molar-refractivity contribution in [1.82, 2.24) is 0 Å². The number of benzene rings is 2. The molecule has 1 aliphatic heterocycles. The first-order valence-corrected chi connectivity index (χ1v) is 7.51. The van der Waals surface area contributed by atoms with Crippen molar-refractivity contribution in [2.45, 2.75) is 19.8 Å². The molecule has 113 valence electrons. The van der Waals surface area contributed by atoms with Crippen molar-refractivity contribution < 1.29 is 9.21 Å². The van der Waals surface area contributed by atoms with Crippen molar-refractivity contribution in [3.05, 3.63) is 70.1 Å². The van der Waals surface area contributed by atoms with Gasteiger partial charge in [0.25, 0.3) is 0 Å². The minimum Gasteiger partial charge on any atom is -0.421 e. The molecule has 0 N–H and O–H groups in total. The van der Waals surface area contributed by atoms with Crippen LogP contribution in [-0.4, -0.2) is 5.91 Å². The van der Waals surface area contributed by atoms with E-state index in [1.807, 2.05) is 37.3 Å². The van der Waals surface area contributed by atoms with Gasteiger partial charge in [-0.2, -0.15) is 0 Å². The largest absolute Gasteiger partial charge is 0.421 e. The van der Waals surface area contributed by atoms with Gasteiger partial charge in [-0.1, -0.05) is 24.3 Å². The standard InChI is InChI=1S/C19H14NO3/c1-12-5-4-8-17-14(12)11-16(19(22)23-17)20-15-7-3-2-6-13(15)9-10-18(20)21/h2-5,7-8,11H,9-10H2,1H3. The van der Waals surface area contributed by atoms with Gasteiger partial charge in [-0.05, 0) is 48.7 Å². The molecule has 4 nitrogen and oxygen atoms in total. The molecule has 0 bridgehead atoms. The highest BCUT2D eigenvalue weighted by Gasteiger charge is 2.28. The molecule has 0 saturated heterocycles. The van der Waals surface area contributed by atoms with Gasteiger partial charge in [-0.15, -0.1) is 0 Å². The molecule has 4 heteroatoms. The highest BCUT2D eigenvalue weighted by molar-refractivity contribution is 6.03. The summed E-state index contributed by atoms with van der Waals surface area (Å²) in [6.07, 6.45) is 1.00. The van der Waals surface area contributed by atoms with E-state index in [4.69, 9.17) is 4.42 Å². The first-order chi connectivity index (χ1) is 11.1. The van der Waals surface area contributed by atoms with E-state index < -0.39 is 5.63 Å². The molecule has 0 unspecified atom stereocenters. The fourth-order valence-corrected chi connectivity index (χ4v) is 3.05. The summed E-state index contributed by atoms with van der Waals surface area (Å²) in [5.41, 5.74) is 2.94. The van der Waals surface area contributed by atoms with Crippen LogP contribution in [0.2, 0.25) is 0 Å². The van der Waals surface area contributed by atoms with Gasteiger partial charge in [-0.3, -0.25) is 9.69 Å². The summed E-state index contributed by atoms with van der Waals surface area (Å²) in [6.45, 7) is 1.95. The van der Waals surface area contributed by atoms with Crippen molar-refractivity contribution in [3.8, 4) is 0 Å². The minimum atomic E-state index is -0.506. The smallest absolute Gasteiger partial charge is 0.360 e. The van der Waals surface area contributed by atoms with Gasteiger partial charge < -0.3 is 4.42 Å². The maximum atomic E-state index is 12.5. The molecule has 1 aromatic heterocycles. The van der Waals surface area contributed by atoms with E-state index in [1.54, 1.807) is 12.1 Å². The highest BCUT2D eigenvalue weighted by Crippen LogP contribution is 2.33. The molecule has 3 aromatic rings. The third kappa shape index (κ3) is 2.14. The maximum Gasteiger partial charge on any atom is 0.360 e. The molecular formula is C19H14NO3. The van der Waals surface area contributed by atoms with Crippen LogP contribution < -0.4 is 10.5 Å². The van der Waals surface area contributed by atoms with Crippen LogP contribution in [0.1, 0.15) is 17.5 Å². The number of carbonyl (C=O) groups excluding carboxylic acids is 1. The Balaban J connectivity index is 1.99. The van der Waals surface area contributed by atoms with Crippen molar-refractivity contribution in [1.29, 1.82) is 0 Å². The van der Waals surface area contributed by atoms with Gasteiger partial charge in [0, 0.05) is 11.8 Å². The van der Waals surface area contributed by atoms with Crippen molar-refractivity contribution >= 4 is 28.3 Å². The van der Waals surface area contributed by atoms with Gasteiger partial charge >= 0.3 is 5.63 Å². The molecule has 2 aromatic carbocycles. The average Bonchev–Trinajstić information content (AvgIpc) is 2.55. The molecule has 0 atom stereocenters. The second kappa shape index (κ2) is 5.09. The molecule has 1 radical (unpaired) electrons. The number of carbonyl (C=O) groups is 1. The molecule has 1 aliphatic rings. The fourth-order valence-electron chi connectivity index (χ4n) is 3.05. The zero-order chi connectivity index (χ0) is 16.0. The van der Waals surface area contributed by atoms with Gasteiger partial charge in [0.2, 0.25) is 5.91 Å². The Morgan fingerprint density at radius 2 is 1.96 bits per heavy atom. The molecule has 0 aliphatic carbocycles. The van der Waals surface area contributed by atoms with E-state index in [-0.39, 0.29) is 11.6 Å². The molecule has 0 fully saturated rings. The van der Waals surface area contributed by atoms with Crippen LogP contribution in [0.5, 0.6) is 0 Å². The lowest BCUT2D eigenvalue weighted by Crippen LogP contribution is -2.33. The fraction of sp³-hybridized carbons (Fsp3) is 0.158. The van der Waals surface area contributed by atoms with E-state index in [1.165, 1.54) is 4.90 Å². The second-order valence-electron chi connectivity index (χ2n) is 5.67. The summed E-state index contributed by atoms with van der Waals surface area (Å²) in [6, 6.07) is 15.9. The van der Waals surface area contributed by atoms with E-state index in [0.29, 0.717) is 24.1 Å². The van der Waals surface area contributed by atoms with Crippen molar-refractivity contribution in [2.75, 3.05) is 4.90 Å². The molecule has 1 amide bonds. The maximum absolute atomic E-state index is 12.5. The van der Waals surface area contributed by atoms with E-state index in [9.17, 15) is 9.59 Å². The normalized spacial score (nSPS) is 14.1. The predicted molar refractivity (Wildman–Crippen MR) is 88.0 cm³/mol. The van der Waals surface area contributed by atoms with Crippen LogP contribution in [0.25, 0.3) is 11.0 Å². The lowest BCUT2D eigenvalue weighted by Gasteiger charge is -2.28. The van der Waals surface area contributed by atoms with Gasteiger partial charge in [-0.25, -0.2) is 4.79 Å². The quantitative estimate of drug-likeness (QED) is 0.646.